The van der Waals surface area contributed by atoms with Gasteiger partial charge in [0.25, 0.3) is 0 Å². The Morgan fingerprint density at radius 1 is 1.03 bits per heavy atom. The quantitative estimate of drug-likeness (QED) is 0.671. The van der Waals surface area contributed by atoms with Gasteiger partial charge in [0, 0.05) is 24.9 Å². The molecule has 1 aromatic heterocycles. The van der Waals surface area contributed by atoms with Crippen molar-refractivity contribution in [1.29, 1.82) is 0 Å². The number of hydrogen-bond acceptors (Lipinski definition) is 5. The summed E-state index contributed by atoms with van der Waals surface area (Å²) < 4.78 is 10.6. The number of likely N-dealkylation sites (tertiary alicyclic amines) is 1. The molecule has 7 heteroatoms. The van der Waals surface area contributed by atoms with Crippen molar-refractivity contribution in [2.75, 3.05) is 19.7 Å². The minimum Gasteiger partial charge on any atom is -0.478 e. The number of piperidine rings is 1. The third-order valence-corrected chi connectivity index (χ3v) is 6.30. The van der Waals surface area contributed by atoms with Gasteiger partial charge in [0.2, 0.25) is 0 Å². The number of benzene rings is 2. The van der Waals surface area contributed by atoms with Gasteiger partial charge in [0.1, 0.15) is 24.1 Å². The van der Waals surface area contributed by atoms with Crippen LogP contribution >= 0.6 is 0 Å². The fourth-order valence-electron chi connectivity index (χ4n) is 4.72. The van der Waals surface area contributed by atoms with E-state index in [1.54, 1.807) is 4.90 Å². The summed E-state index contributed by atoms with van der Waals surface area (Å²) in [4.78, 5) is 25.7. The van der Waals surface area contributed by atoms with Crippen molar-refractivity contribution >= 4 is 12.1 Å². The van der Waals surface area contributed by atoms with Gasteiger partial charge in [-0.05, 0) is 35.1 Å². The van der Waals surface area contributed by atoms with E-state index in [1.165, 1.54) is 22.3 Å². The van der Waals surface area contributed by atoms with Crippen LogP contribution in [0.2, 0.25) is 0 Å². The molecule has 0 unspecified atom stereocenters. The van der Waals surface area contributed by atoms with Gasteiger partial charge in [-0.1, -0.05) is 53.7 Å². The van der Waals surface area contributed by atoms with Crippen LogP contribution < -0.4 is 0 Å². The number of carbonyl (C=O) groups is 2. The standard InChI is InChI=1S/C24H22N2O5/c27-23(28)21-14-31-25-22(21)15-9-11-26(12-10-15)24(29)30-13-20-18-7-3-1-5-16(18)17-6-2-4-8-19(17)20/h1-8,14-15,20H,9-13H2,(H,27,28). The van der Waals surface area contributed by atoms with Crippen LogP contribution in [0.3, 0.4) is 0 Å². The smallest absolute Gasteiger partial charge is 0.409 e. The Hall–Kier alpha value is -3.61. The largest absolute Gasteiger partial charge is 0.478 e. The molecule has 1 fully saturated rings. The highest BCUT2D eigenvalue weighted by molar-refractivity contribution is 5.88. The minimum absolute atomic E-state index is 0.0298. The van der Waals surface area contributed by atoms with Crippen molar-refractivity contribution in [3.05, 3.63) is 77.2 Å². The molecule has 0 atom stereocenters. The Kier molecular flexibility index (Phi) is 4.94. The molecule has 3 aromatic rings. The minimum atomic E-state index is -1.05. The molecule has 31 heavy (non-hydrogen) atoms. The summed E-state index contributed by atoms with van der Waals surface area (Å²) in [5.74, 6) is -1.06. The molecular weight excluding hydrogens is 396 g/mol. The maximum atomic E-state index is 12.7. The molecule has 1 aliphatic carbocycles. The lowest BCUT2D eigenvalue weighted by molar-refractivity contribution is 0.0691. The Balaban J connectivity index is 1.22. The van der Waals surface area contributed by atoms with E-state index in [9.17, 15) is 14.7 Å². The number of carboxylic acids is 1. The third kappa shape index (κ3) is 3.46. The molecule has 2 aromatic carbocycles. The van der Waals surface area contributed by atoms with Crippen LogP contribution in [0.15, 0.2) is 59.3 Å². The highest BCUT2D eigenvalue weighted by atomic mass is 16.6. The van der Waals surface area contributed by atoms with Crippen molar-refractivity contribution in [2.45, 2.75) is 24.7 Å². The molecule has 158 valence electrons. The van der Waals surface area contributed by atoms with E-state index in [1.807, 2.05) is 24.3 Å². The number of carboxylic acid groups (broad SMARTS) is 1. The molecule has 0 bridgehead atoms. The van der Waals surface area contributed by atoms with Crippen LogP contribution in [0.25, 0.3) is 11.1 Å². The van der Waals surface area contributed by atoms with Crippen LogP contribution in [0.5, 0.6) is 0 Å². The fourth-order valence-corrected chi connectivity index (χ4v) is 4.72. The van der Waals surface area contributed by atoms with Gasteiger partial charge in [0.15, 0.2) is 0 Å². The predicted octanol–water partition coefficient (Wildman–Crippen LogP) is 4.50. The molecule has 2 aliphatic rings. The second-order valence-corrected chi connectivity index (χ2v) is 7.98. The van der Waals surface area contributed by atoms with Crippen LogP contribution in [0.1, 0.15) is 51.9 Å². The topological polar surface area (TPSA) is 92.9 Å². The van der Waals surface area contributed by atoms with E-state index in [4.69, 9.17) is 9.26 Å². The molecular formula is C24H22N2O5. The maximum Gasteiger partial charge on any atom is 0.409 e. The molecule has 5 rings (SSSR count). The van der Waals surface area contributed by atoms with Crippen molar-refractivity contribution in [1.82, 2.24) is 10.1 Å². The summed E-state index contributed by atoms with van der Waals surface area (Å²) >= 11 is 0. The van der Waals surface area contributed by atoms with Crippen molar-refractivity contribution < 1.29 is 24.0 Å². The molecule has 1 N–H and O–H groups in total. The fraction of sp³-hybridized carbons (Fsp3) is 0.292. The normalized spacial score (nSPS) is 16.1. The molecule has 7 nitrogen and oxygen atoms in total. The van der Waals surface area contributed by atoms with Crippen molar-refractivity contribution in [3.8, 4) is 11.1 Å². The van der Waals surface area contributed by atoms with E-state index in [0.29, 0.717) is 38.2 Å². The lowest BCUT2D eigenvalue weighted by Gasteiger charge is -2.31. The third-order valence-electron chi connectivity index (χ3n) is 6.30. The van der Waals surface area contributed by atoms with E-state index in [-0.39, 0.29) is 23.5 Å². The Labute approximate surface area is 179 Å². The predicted molar refractivity (Wildman–Crippen MR) is 112 cm³/mol. The summed E-state index contributed by atoms with van der Waals surface area (Å²) in [7, 11) is 0. The van der Waals surface area contributed by atoms with Crippen LogP contribution in [-0.2, 0) is 4.74 Å². The van der Waals surface area contributed by atoms with E-state index in [2.05, 4.69) is 29.4 Å². The van der Waals surface area contributed by atoms with E-state index in [0.717, 1.165) is 6.26 Å². The van der Waals surface area contributed by atoms with Gasteiger partial charge in [-0.3, -0.25) is 0 Å². The number of hydrogen-bond donors (Lipinski definition) is 1. The molecule has 1 amide bonds. The first-order valence-electron chi connectivity index (χ1n) is 10.4. The zero-order chi connectivity index (χ0) is 21.4. The van der Waals surface area contributed by atoms with E-state index < -0.39 is 5.97 Å². The van der Waals surface area contributed by atoms with Crippen molar-refractivity contribution in [3.63, 3.8) is 0 Å². The van der Waals surface area contributed by atoms with Gasteiger partial charge in [-0.2, -0.15) is 0 Å². The van der Waals surface area contributed by atoms with E-state index >= 15 is 0 Å². The summed E-state index contributed by atoms with van der Waals surface area (Å²) in [6, 6.07) is 16.5. The van der Waals surface area contributed by atoms with Crippen LogP contribution in [0.4, 0.5) is 4.79 Å². The first kappa shape index (κ1) is 19.4. The number of aromatic carboxylic acids is 1. The number of nitrogens with zero attached hydrogens (tertiary/aromatic N) is 2. The van der Waals surface area contributed by atoms with Crippen LogP contribution in [-0.4, -0.2) is 46.9 Å². The average molecular weight is 418 g/mol. The van der Waals surface area contributed by atoms with Gasteiger partial charge in [0.05, 0.1) is 0 Å². The lowest BCUT2D eigenvalue weighted by Crippen LogP contribution is -2.39. The zero-order valence-corrected chi connectivity index (χ0v) is 16.9. The van der Waals surface area contributed by atoms with Gasteiger partial charge in [-0.15, -0.1) is 0 Å². The highest BCUT2D eigenvalue weighted by Gasteiger charge is 2.32. The molecule has 1 saturated heterocycles. The van der Waals surface area contributed by atoms with Gasteiger partial charge in [-0.25, -0.2) is 9.59 Å². The zero-order valence-electron chi connectivity index (χ0n) is 16.9. The highest BCUT2D eigenvalue weighted by Crippen LogP contribution is 2.44. The average Bonchev–Trinajstić information content (AvgIpc) is 3.41. The molecule has 0 spiro atoms. The summed E-state index contributed by atoms with van der Waals surface area (Å²) in [6.07, 6.45) is 2.07. The molecule has 1 aliphatic heterocycles. The number of ether oxygens (including phenoxy) is 1. The molecule has 2 heterocycles. The van der Waals surface area contributed by atoms with Crippen molar-refractivity contribution in [2.24, 2.45) is 0 Å². The summed E-state index contributed by atoms with van der Waals surface area (Å²) in [6.45, 7) is 1.28. The van der Waals surface area contributed by atoms with Gasteiger partial charge >= 0.3 is 12.1 Å². The summed E-state index contributed by atoms with van der Waals surface area (Å²) in [5, 5.41) is 13.1. The Bertz CT molecular complexity index is 1080. The first-order chi connectivity index (χ1) is 15.1. The first-order valence-corrected chi connectivity index (χ1v) is 10.4. The number of rotatable bonds is 4. The Morgan fingerprint density at radius 2 is 1.65 bits per heavy atom. The number of amides is 1. The molecule has 0 radical (unpaired) electrons. The monoisotopic (exact) mass is 418 g/mol. The summed E-state index contributed by atoms with van der Waals surface area (Å²) in [5.41, 5.74) is 5.31. The maximum absolute atomic E-state index is 12.7. The van der Waals surface area contributed by atoms with Gasteiger partial charge < -0.3 is 19.3 Å². The molecule has 0 saturated carbocycles. The number of fused-ring (bicyclic) bond motifs is 3. The SMILES string of the molecule is O=C(O)c1conc1C1CCN(C(=O)OCC2c3ccccc3-c3ccccc32)CC1. The second kappa shape index (κ2) is 7.91. The number of carbonyl (C=O) groups excluding carboxylic acids is 1. The number of aromatic nitrogens is 1. The Morgan fingerprint density at radius 3 is 2.26 bits per heavy atom. The lowest BCUT2D eigenvalue weighted by atomic mass is 9.91. The van der Waals surface area contributed by atoms with Crippen LogP contribution in [0, 0.1) is 0 Å². The second-order valence-electron chi connectivity index (χ2n) is 7.98.